The fourth-order valence-corrected chi connectivity index (χ4v) is 2.18. The third-order valence-electron chi connectivity index (χ3n) is 2.38. The van der Waals surface area contributed by atoms with Crippen LogP contribution >= 0.6 is 39.1 Å². The van der Waals surface area contributed by atoms with Gasteiger partial charge in [0.05, 0.1) is 14.5 Å². The van der Waals surface area contributed by atoms with Gasteiger partial charge in [-0.15, -0.1) is 0 Å². The topological polar surface area (TPSA) is 29.5 Å². The molecule has 0 heterocycles. The Labute approximate surface area is 129 Å². The number of benzene rings is 2. The molecule has 2 aromatic carbocycles. The average molecular weight is 360 g/mol. The molecule has 0 unspecified atom stereocenters. The maximum absolute atomic E-state index is 9.31. The summed E-state index contributed by atoms with van der Waals surface area (Å²) < 4.78 is 6.38. The minimum Gasteiger partial charge on any atom is -0.508 e. The Morgan fingerprint density at radius 1 is 1.11 bits per heavy atom. The van der Waals surface area contributed by atoms with Gasteiger partial charge in [-0.1, -0.05) is 29.8 Å². The van der Waals surface area contributed by atoms with Crippen molar-refractivity contribution in [2.45, 2.75) is 0 Å². The zero-order valence-electron chi connectivity index (χ0n) is 9.66. The van der Waals surface area contributed by atoms with E-state index in [9.17, 15) is 5.11 Å². The molecule has 0 bridgehead atoms. The Hall–Kier alpha value is -1.16. The van der Waals surface area contributed by atoms with Crippen molar-refractivity contribution in [3.63, 3.8) is 0 Å². The first-order valence-corrected chi connectivity index (χ1v) is 6.83. The maximum atomic E-state index is 9.31. The van der Waals surface area contributed by atoms with E-state index in [-0.39, 0.29) is 5.76 Å². The van der Waals surface area contributed by atoms with E-state index in [1.165, 1.54) is 0 Å². The second-order valence-corrected chi connectivity index (χ2v) is 5.44. The van der Waals surface area contributed by atoms with Gasteiger partial charge >= 0.3 is 0 Å². The molecule has 2 nitrogen and oxygen atoms in total. The zero-order chi connectivity index (χ0) is 14.0. The predicted molar refractivity (Wildman–Crippen MR) is 82.3 cm³/mol. The molecule has 19 heavy (non-hydrogen) atoms. The first-order chi connectivity index (χ1) is 8.97. The van der Waals surface area contributed by atoms with Crippen molar-refractivity contribution in [3.8, 4) is 11.5 Å². The Kier molecular flexibility index (Phi) is 4.40. The van der Waals surface area contributed by atoms with Crippen LogP contribution in [0.25, 0.3) is 5.76 Å². The molecular formula is C14H9BrCl2O2. The number of hydrogen-bond donors (Lipinski definition) is 1. The Bertz CT molecular complexity index is 641. The smallest absolute Gasteiger partial charge is 0.141 e. The highest BCUT2D eigenvalue weighted by molar-refractivity contribution is 9.10. The normalized spacial score (nSPS) is 10.3. The van der Waals surface area contributed by atoms with Crippen LogP contribution < -0.4 is 4.74 Å². The van der Waals surface area contributed by atoms with Gasteiger partial charge in [-0.2, -0.15) is 0 Å². The minimum atomic E-state index is 0.00165. The van der Waals surface area contributed by atoms with Crippen LogP contribution in [0, 0.1) is 0 Å². The Morgan fingerprint density at radius 2 is 1.84 bits per heavy atom. The van der Waals surface area contributed by atoms with Crippen LogP contribution in [-0.4, -0.2) is 5.11 Å². The summed E-state index contributed by atoms with van der Waals surface area (Å²) in [5, 5.41) is 10.2. The number of hydrogen-bond acceptors (Lipinski definition) is 2. The van der Waals surface area contributed by atoms with Crippen molar-refractivity contribution >= 4 is 44.9 Å². The lowest BCUT2D eigenvalue weighted by molar-refractivity contribution is 0.479. The van der Waals surface area contributed by atoms with E-state index in [0.717, 1.165) is 0 Å². The molecule has 0 fully saturated rings. The molecule has 5 heteroatoms. The number of rotatable bonds is 3. The molecule has 2 aromatic rings. The summed E-state index contributed by atoms with van der Waals surface area (Å²) in [6.07, 6.45) is 0. The second kappa shape index (κ2) is 5.87. The summed E-state index contributed by atoms with van der Waals surface area (Å²) in [4.78, 5) is 0. The van der Waals surface area contributed by atoms with Crippen molar-refractivity contribution in [1.82, 2.24) is 0 Å². The van der Waals surface area contributed by atoms with Gasteiger partial charge < -0.3 is 9.84 Å². The number of aliphatic hydroxyl groups excluding tert-OH is 1. The van der Waals surface area contributed by atoms with Crippen molar-refractivity contribution < 1.29 is 9.84 Å². The molecule has 0 amide bonds. The van der Waals surface area contributed by atoms with Crippen LogP contribution in [0.1, 0.15) is 5.56 Å². The van der Waals surface area contributed by atoms with Crippen LogP contribution in [0.15, 0.2) is 47.4 Å². The van der Waals surface area contributed by atoms with E-state index >= 15 is 0 Å². The van der Waals surface area contributed by atoms with Gasteiger partial charge in [-0.05, 0) is 46.3 Å². The average Bonchev–Trinajstić information content (AvgIpc) is 2.36. The fourth-order valence-electron chi connectivity index (χ4n) is 1.43. The zero-order valence-corrected chi connectivity index (χ0v) is 12.8. The molecule has 2 rings (SSSR count). The molecule has 1 N–H and O–H groups in total. The van der Waals surface area contributed by atoms with Gasteiger partial charge in [0.1, 0.15) is 17.3 Å². The Morgan fingerprint density at radius 3 is 2.42 bits per heavy atom. The van der Waals surface area contributed by atoms with Crippen molar-refractivity contribution in [1.29, 1.82) is 0 Å². The summed E-state index contributed by atoms with van der Waals surface area (Å²) >= 11 is 15.1. The molecule has 98 valence electrons. The fraction of sp³-hybridized carbons (Fsp3) is 0. The molecular weight excluding hydrogens is 351 g/mol. The summed E-state index contributed by atoms with van der Waals surface area (Å²) in [6.45, 7) is 3.46. The molecule has 0 radical (unpaired) electrons. The lowest BCUT2D eigenvalue weighted by Gasteiger charge is -2.09. The predicted octanol–water partition coefficient (Wildman–Crippen LogP) is 6.08. The monoisotopic (exact) mass is 358 g/mol. The van der Waals surface area contributed by atoms with Crippen molar-refractivity contribution in [3.05, 3.63) is 63.1 Å². The SMILES string of the molecule is C=C(O)c1ccc(Oc2ccc(Cl)c(Cl)c2)c(Br)c1. The highest BCUT2D eigenvalue weighted by atomic mass is 79.9. The molecule has 0 aliphatic heterocycles. The molecule has 0 aromatic heterocycles. The van der Waals surface area contributed by atoms with E-state index in [2.05, 4.69) is 22.5 Å². The van der Waals surface area contributed by atoms with Gasteiger partial charge in [0, 0.05) is 11.6 Å². The first-order valence-electron chi connectivity index (χ1n) is 5.28. The largest absolute Gasteiger partial charge is 0.508 e. The van der Waals surface area contributed by atoms with E-state index in [1.54, 1.807) is 36.4 Å². The Balaban J connectivity index is 2.28. The molecule has 0 spiro atoms. The maximum Gasteiger partial charge on any atom is 0.141 e. The third-order valence-corrected chi connectivity index (χ3v) is 3.74. The van der Waals surface area contributed by atoms with Crippen LogP contribution in [0.3, 0.4) is 0 Å². The van der Waals surface area contributed by atoms with Crippen LogP contribution in [0.2, 0.25) is 10.0 Å². The molecule has 0 aliphatic rings. The molecule has 0 saturated carbocycles. The lowest BCUT2D eigenvalue weighted by Crippen LogP contribution is -1.88. The van der Waals surface area contributed by atoms with Crippen LogP contribution in [0.5, 0.6) is 11.5 Å². The molecule has 0 aliphatic carbocycles. The summed E-state index contributed by atoms with van der Waals surface area (Å²) in [7, 11) is 0. The molecule has 0 saturated heterocycles. The van der Waals surface area contributed by atoms with Crippen molar-refractivity contribution in [2.24, 2.45) is 0 Å². The number of ether oxygens (including phenoxy) is 1. The summed E-state index contributed by atoms with van der Waals surface area (Å²) in [6, 6.07) is 10.2. The van der Waals surface area contributed by atoms with E-state index in [4.69, 9.17) is 27.9 Å². The van der Waals surface area contributed by atoms with Gasteiger partial charge in [0.15, 0.2) is 0 Å². The number of halogens is 3. The quantitative estimate of drug-likeness (QED) is 0.673. The standard InChI is InChI=1S/C14H9BrCl2O2/c1-8(18)9-2-5-14(11(15)6-9)19-10-3-4-12(16)13(17)7-10/h2-7,18H,1H2. The minimum absolute atomic E-state index is 0.00165. The second-order valence-electron chi connectivity index (χ2n) is 3.77. The van der Waals surface area contributed by atoms with Gasteiger partial charge in [0.25, 0.3) is 0 Å². The first kappa shape index (κ1) is 14.3. The van der Waals surface area contributed by atoms with Gasteiger partial charge in [0.2, 0.25) is 0 Å². The van der Waals surface area contributed by atoms with Crippen molar-refractivity contribution in [2.75, 3.05) is 0 Å². The highest BCUT2D eigenvalue weighted by Crippen LogP contribution is 2.34. The van der Waals surface area contributed by atoms with E-state index < -0.39 is 0 Å². The third kappa shape index (κ3) is 3.44. The van der Waals surface area contributed by atoms with E-state index in [1.807, 2.05) is 0 Å². The lowest BCUT2D eigenvalue weighted by atomic mass is 10.2. The summed E-state index contributed by atoms with van der Waals surface area (Å²) in [5.41, 5.74) is 0.619. The number of aliphatic hydroxyl groups is 1. The van der Waals surface area contributed by atoms with Gasteiger partial charge in [-0.25, -0.2) is 0 Å². The van der Waals surface area contributed by atoms with Gasteiger partial charge in [-0.3, -0.25) is 0 Å². The molecule has 0 atom stereocenters. The van der Waals surface area contributed by atoms with Crippen LogP contribution in [0.4, 0.5) is 0 Å². The highest BCUT2D eigenvalue weighted by Gasteiger charge is 2.07. The summed E-state index contributed by atoms with van der Waals surface area (Å²) in [5.74, 6) is 1.18. The van der Waals surface area contributed by atoms with Crippen LogP contribution in [-0.2, 0) is 0 Å². The van der Waals surface area contributed by atoms with E-state index in [0.29, 0.717) is 31.6 Å².